The highest BCUT2D eigenvalue weighted by atomic mass is 32.1. The Balaban J connectivity index is 1.55. The van der Waals surface area contributed by atoms with E-state index in [1.165, 1.54) is 55.0 Å². The van der Waals surface area contributed by atoms with E-state index in [-0.39, 0.29) is 0 Å². The molecule has 0 radical (unpaired) electrons. The second-order valence-electron chi connectivity index (χ2n) is 8.26. The summed E-state index contributed by atoms with van der Waals surface area (Å²) in [7, 11) is 2.02. The Labute approximate surface area is 131 Å². The maximum atomic E-state index is 4.66. The zero-order valence-corrected chi connectivity index (χ0v) is 14.1. The molecule has 4 bridgehead atoms. The number of nitrogens with zero attached hydrogens (tertiary/aromatic N) is 2. The third-order valence-electron chi connectivity index (χ3n) is 6.09. The Kier molecular flexibility index (Phi) is 3.38. The molecule has 0 saturated heterocycles. The molecule has 1 N–H and O–H groups in total. The minimum absolute atomic E-state index is 0.401. The van der Waals surface area contributed by atoms with Crippen molar-refractivity contribution in [2.45, 2.75) is 63.7 Å². The van der Waals surface area contributed by atoms with E-state index < -0.39 is 0 Å². The van der Waals surface area contributed by atoms with E-state index in [4.69, 9.17) is 0 Å². The van der Waals surface area contributed by atoms with Gasteiger partial charge in [-0.1, -0.05) is 6.92 Å². The molecule has 0 amide bonds. The molecule has 4 fully saturated rings. The molecule has 1 aromatic rings. The van der Waals surface area contributed by atoms with Crippen molar-refractivity contribution in [2.75, 3.05) is 13.6 Å². The number of aryl methyl sites for hydroxylation is 1. The van der Waals surface area contributed by atoms with Crippen molar-refractivity contribution >= 4 is 11.3 Å². The molecule has 4 aliphatic carbocycles. The summed E-state index contributed by atoms with van der Waals surface area (Å²) < 4.78 is 0. The van der Waals surface area contributed by atoms with Crippen LogP contribution in [-0.2, 0) is 11.8 Å². The number of aromatic nitrogens is 2. The molecule has 4 heteroatoms. The van der Waals surface area contributed by atoms with Gasteiger partial charge in [-0.2, -0.15) is 0 Å². The van der Waals surface area contributed by atoms with E-state index in [1.54, 1.807) is 0 Å². The van der Waals surface area contributed by atoms with Crippen LogP contribution >= 0.6 is 11.3 Å². The van der Waals surface area contributed by atoms with Crippen LogP contribution in [-0.4, -0.2) is 23.8 Å². The fourth-order valence-corrected chi connectivity index (χ4v) is 7.04. The van der Waals surface area contributed by atoms with Crippen LogP contribution in [0, 0.1) is 17.3 Å². The fourth-order valence-electron chi connectivity index (χ4n) is 5.96. The van der Waals surface area contributed by atoms with Crippen molar-refractivity contribution < 1.29 is 0 Å². The molecular formula is C17H27N3S. The Morgan fingerprint density at radius 1 is 1.19 bits per heavy atom. The standard InChI is InChI=1S/C17H27N3S/c1-16-7-12-6-13(8-16)10-17(9-12,11-16)15-20-19-14(21-15)4-3-5-18-2/h12-13,18H,3-11H2,1-2H3. The maximum Gasteiger partial charge on any atom is 0.123 e. The van der Waals surface area contributed by atoms with Crippen molar-refractivity contribution in [3.05, 3.63) is 10.0 Å². The van der Waals surface area contributed by atoms with Gasteiger partial charge in [-0.25, -0.2) is 0 Å². The Hall–Kier alpha value is -0.480. The highest BCUT2D eigenvalue weighted by Crippen LogP contribution is 2.65. The molecule has 2 unspecified atom stereocenters. The Morgan fingerprint density at radius 3 is 2.62 bits per heavy atom. The highest BCUT2D eigenvalue weighted by Gasteiger charge is 2.57. The first kappa shape index (κ1) is 14.1. The molecule has 116 valence electrons. The van der Waals surface area contributed by atoms with E-state index >= 15 is 0 Å². The lowest BCUT2D eigenvalue weighted by atomic mass is 9.45. The Morgan fingerprint density at radius 2 is 1.95 bits per heavy atom. The van der Waals surface area contributed by atoms with Crippen LogP contribution in [0.2, 0.25) is 0 Å². The largest absolute Gasteiger partial charge is 0.320 e. The summed E-state index contributed by atoms with van der Waals surface area (Å²) in [4.78, 5) is 0. The quantitative estimate of drug-likeness (QED) is 0.845. The summed E-state index contributed by atoms with van der Waals surface area (Å²) >= 11 is 1.92. The molecule has 1 aromatic heterocycles. The molecule has 4 saturated carbocycles. The second kappa shape index (κ2) is 5.02. The van der Waals surface area contributed by atoms with Gasteiger partial charge >= 0.3 is 0 Å². The molecule has 0 aliphatic heterocycles. The summed E-state index contributed by atoms with van der Waals surface area (Å²) in [6.45, 7) is 3.61. The molecule has 0 spiro atoms. The predicted molar refractivity (Wildman–Crippen MR) is 86.6 cm³/mol. The van der Waals surface area contributed by atoms with Crippen molar-refractivity contribution in [2.24, 2.45) is 17.3 Å². The third kappa shape index (κ3) is 2.44. The molecule has 2 atom stereocenters. The van der Waals surface area contributed by atoms with Crippen LogP contribution in [0.3, 0.4) is 0 Å². The second-order valence-corrected chi connectivity index (χ2v) is 9.32. The lowest BCUT2D eigenvalue weighted by molar-refractivity contribution is -0.0618. The van der Waals surface area contributed by atoms with Gasteiger partial charge in [-0.3, -0.25) is 0 Å². The normalized spacial score (nSPS) is 40.9. The SMILES string of the molecule is CNCCCc1nnc(C23CC4CC(CC(C)(C4)C2)C3)s1. The van der Waals surface area contributed by atoms with Crippen molar-refractivity contribution in [3.8, 4) is 0 Å². The lowest BCUT2D eigenvalue weighted by Crippen LogP contribution is -2.52. The molecule has 3 nitrogen and oxygen atoms in total. The lowest BCUT2D eigenvalue weighted by Gasteiger charge is -2.60. The molecule has 1 heterocycles. The van der Waals surface area contributed by atoms with Gasteiger partial charge in [-0.15, -0.1) is 21.5 Å². The summed E-state index contributed by atoms with van der Waals surface area (Å²) in [6, 6.07) is 0. The number of rotatable bonds is 5. The van der Waals surface area contributed by atoms with Gasteiger partial charge in [-0.05, 0) is 75.8 Å². The van der Waals surface area contributed by atoms with Crippen LogP contribution < -0.4 is 5.32 Å². The topological polar surface area (TPSA) is 37.8 Å². The third-order valence-corrected chi connectivity index (χ3v) is 7.32. The van der Waals surface area contributed by atoms with E-state index in [0.29, 0.717) is 10.8 Å². The number of hydrogen-bond acceptors (Lipinski definition) is 4. The van der Waals surface area contributed by atoms with E-state index in [9.17, 15) is 0 Å². The zero-order valence-electron chi connectivity index (χ0n) is 13.3. The molecule has 0 aromatic carbocycles. The van der Waals surface area contributed by atoms with Gasteiger partial charge in [0.25, 0.3) is 0 Å². The van der Waals surface area contributed by atoms with Gasteiger partial charge < -0.3 is 5.32 Å². The van der Waals surface area contributed by atoms with Crippen LogP contribution in [0.4, 0.5) is 0 Å². The van der Waals surface area contributed by atoms with Crippen LogP contribution in [0.1, 0.15) is 61.9 Å². The average Bonchev–Trinajstić information content (AvgIpc) is 2.85. The van der Waals surface area contributed by atoms with Crippen molar-refractivity contribution in [3.63, 3.8) is 0 Å². The smallest absolute Gasteiger partial charge is 0.123 e. The number of nitrogens with one attached hydrogen (secondary N) is 1. The van der Waals surface area contributed by atoms with Crippen molar-refractivity contribution in [1.82, 2.24) is 15.5 Å². The maximum absolute atomic E-state index is 4.66. The van der Waals surface area contributed by atoms with E-state index in [0.717, 1.165) is 24.8 Å². The summed E-state index contributed by atoms with van der Waals surface area (Å²) in [5.41, 5.74) is 1.000. The Bertz CT molecular complexity index is 510. The first-order valence-electron chi connectivity index (χ1n) is 8.58. The molecule has 4 aliphatic rings. The summed E-state index contributed by atoms with van der Waals surface area (Å²) in [5, 5.41) is 15.0. The van der Waals surface area contributed by atoms with E-state index in [1.807, 2.05) is 18.4 Å². The minimum atomic E-state index is 0.401. The van der Waals surface area contributed by atoms with Crippen LogP contribution in [0.25, 0.3) is 0 Å². The van der Waals surface area contributed by atoms with Crippen LogP contribution in [0.15, 0.2) is 0 Å². The minimum Gasteiger partial charge on any atom is -0.320 e. The summed E-state index contributed by atoms with van der Waals surface area (Å²) in [5.74, 6) is 1.93. The monoisotopic (exact) mass is 305 g/mol. The van der Waals surface area contributed by atoms with Crippen molar-refractivity contribution in [1.29, 1.82) is 0 Å². The van der Waals surface area contributed by atoms with Gasteiger partial charge in [0.1, 0.15) is 10.0 Å². The first-order chi connectivity index (χ1) is 10.1. The molecule has 21 heavy (non-hydrogen) atoms. The number of hydrogen-bond donors (Lipinski definition) is 1. The fraction of sp³-hybridized carbons (Fsp3) is 0.882. The van der Waals surface area contributed by atoms with Gasteiger partial charge in [0, 0.05) is 11.8 Å². The molecule has 5 rings (SSSR count). The molecular weight excluding hydrogens is 278 g/mol. The summed E-state index contributed by atoms with van der Waals surface area (Å²) in [6.07, 6.45) is 10.8. The van der Waals surface area contributed by atoms with Crippen LogP contribution in [0.5, 0.6) is 0 Å². The highest BCUT2D eigenvalue weighted by molar-refractivity contribution is 7.11. The van der Waals surface area contributed by atoms with Gasteiger partial charge in [0.2, 0.25) is 0 Å². The zero-order chi connectivity index (χ0) is 14.5. The van der Waals surface area contributed by atoms with Gasteiger partial charge in [0.05, 0.1) is 0 Å². The van der Waals surface area contributed by atoms with E-state index in [2.05, 4.69) is 22.4 Å². The van der Waals surface area contributed by atoms with Gasteiger partial charge in [0.15, 0.2) is 0 Å². The average molecular weight is 305 g/mol. The predicted octanol–water partition coefficient (Wildman–Crippen LogP) is 3.55. The first-order valence-corrected chi connectivity index (χ1v) is 9.40.